The maximum absolute atomic E-state index is 12.7. The number of amides is 1. The summed E-state index contributed by atoms with van der Waals surface area (Å²) in [5.74, 6) is 2.36. The van der Waals surface area contributed by atoms with Crippen LogP contribution in [0.15, 0.2) is 48.7 Å². The van der Waals surface area contributed by atoms with Gasteiger partial charge in [0, 0.05) is 6.20 Å². The average Bonchev–Trinajstić information content (AvgIpc) is 3.10. The Balaban J connectivity index is 1.69. The summed E-state index contributed by atoms with van der Waals surface area (Å²) in [4.78, 5) is 12.7. The molecule has 0 saturated carbocycles. The Kier molecular flexibility index (Phi) is 7.09. The van der Waals surface area contributed by atoms with Crippen molar-refractivity contribution in [1.82, 2.24) is 19.9 Å². The first-order valence-electron chi connectivity index (χ1n) is 9.72. The lowest BCUT2D eigenvalue weighted by Crippen LogP contribution is -2.31. The molecule has 1 unspecified atom stereocenters. The van der Waals surface area contributed by atoms with E-state index >= 15 is 0 Å². The predicted octanol–water partition coefficient (Wildman–Crippen LogP) is 4.08. The van der Waals surface area contributed by atoms with E-state index < -0.39 is 0 Å². The molecule has 3 aromatic rings. The molecule has 0 saturated heterocycles. The number of pyridine rings is 1. The van der Waals surface area contributed by atoms with Crippen molar-refractivity contribution in [1.29, 1.82) is 0 Å². The molecule has 0 radical (unpaired) electrons. The van der Waals surface area contributed by atoms with Crippen LogP contribution in [0.1, 0.15) is 43.3 Å². The largest absolute Gasteiger partial charge is 0.346 e. The summed E-state index contributed by atoms with van der Waals surface area (Å²) in [7, 11) is 0. The quantitative estimate of drug-likeness (QED) is 0.592. The number of hydrogen-bond acceptors (Lipinski definition) is 4. The molecule has 3 rings (SSSR count). The minimum Gasteiger partial charge on any atom is -0.346 e. The summed E-state index contributed by atoms with van der Waals surface area (Å²) in [6, 6.07) is 14.0. The van der Waals surface area contributed by atoms with E-state index in [0.29, 0.717) is 12.3 Å². The summed E-state index contributed by atoms with van der Waals surface area (Å²) in [5.41, 5.74) is 3.13. The lowest BCUT2D eigenvalue weighted by molar-refractivity contribution is -0.121. The molecule has 148 valence electrons. The molecule has 28 heavy (non-hydrogen) atoms. The molecule has 1 aromatic carbocycles. The Hall–Kier alpha value is -2.34. The molecule has 0 aliphatic carbocycles. The van der Waals surface area contributed by atoms with Gasteiger partial charge in [0.2, 0.25) is 5.91 Å². The smallest absolute Gasteiger partial charge is 0.225 e. The van der Waals surface area contributed by atoms with Gasteiger partial charge in [-0.15, -0.1) is 10.2 Å². The Morgan fingerprint density at radius 1 is 1.11 bits per heavy atom. The minimum atomic E-state index is -0.155. The lowest BCUT2D eigenvalue weighted by atomic mass is 10.0. The van der Waals surface area contributed by atoms with Crippen molar-refractivity contribution in [3.8, 4) is 0 Å². The van der Waals surface area contributed by atoms with E-state index in [0.717, 1.165) is 35.6 Å². The first kappa shape index (κ1) is 20.4. The van der Waals surface area contributed by atoms with E-state index in [1.165, 1.54) is 5.56 Å². The molecule has 0 aliphatic heterocycles. The third kappa shape index (κ3) is 5.35. The fraction of sp³-hybridized carbons (Fsp3) is 0.409. The van der Waals surface area contributed by atoms with E-state index in [1.54, 1.807) is 11.8 Å². The van der Waals surface area contributed by atoms with Crippen molar-refractivity contribution in [3.05, 3.63) is 65.6 Å². The molecule has 5 nitrogen and oxygen atoms in total. The van der Waals surface area contributed by atoms with Gasteiger partial charge in [-0.2, -0.15) is 11.8 Å². The lowest BCUT2D eigenvalue weighted by Gasteiger charge is -2.17. The maximum Gasteiger partial charge on any atom is 0.225 e. The molecular weight excluding hydrogens is 368 g/mol. The zero-order valence-corrected chi connectivity index (χ0v) is 17.6. The molecule has 0 fully saturated rings. The molecule has 0 aliphatic rings. The SMILES string of the molecule is CSCCC(NC(=O)Cc1ccc(CC(C)C)cc1)c1nnc2ccccn12. The van der Waals surface area contributed by atoms with Gasteiger partial charge in [-0.05, 0) is 54.0 Å². The second-order valence-corrected chi connectivity index (χ2v) is 8.47. The number of fused-ring (bicyclic) bond motifs is 1. The number of rotatable bonds is 9. The van der Waals surface area contributed by atoms with Crippen molar-refractivity contribution in [2.24, 2.45) is 5.92 Å². The van der Waals surface area contributed by atoms with Crippen LogP contribution in [-0.4, -0.2) is 32.5 Å². The number of hydrogen-bond donors (Lipinski definition) is 1. The highest BCUT2D eigenvalue weighted by Gasteiger charge is 2.20. The van der Waals surface area contributed by atoms with Crippen LogP contribution in [-0.2, 0) is 17.6 Å². The zero-order valence-electron chi connectivity index (χ0n) is 16.8. The van der Waals surface area contributed by atoms with Crippen LogP contribution in [0.5, 0.6) is 0 Å². The van der Waals surface area contributed by atoms with Crippen LogP contribution >= 0.6 is 11.8 Å². The molecule has 1 N–H and O–H groups in total. The molecule has 1 amide bonds. The maximum atomic E-state index is 12.7. The fourth-order valence-electron chi connectivity index (χ4n) is 3.29. The topological polar surface area (TPSA) is 59.3 Å². The molecule has 2 heterocycles. The molecule has 6 heteroatoms. The van der Waals surface area contributed by atoms with Gasteiger partial charge in [0.1, 0.15) is 0 Å². The van der Waals surface area contributed by atoms with Gasteiger partial charge in [-0.3, -0.25) is 9.20 Å². The minimum absolute atomic E-state index is 0.00962. The summed E-state index contributed by atoms with van der Waals surface area (Å²) < 4.78 is 1.95. The number of carbonyl (C=O) groups is 1. The summed E-state index contributed by atoms with van der Waals surface area (Å²) in [5, 5.41) is 11.7. The van der Waals surface area contributed by atoms with Gasteiger partial charge >= 0.3 is 0 Å². The molecular formula is C22H28N4OS. The van der Waals surface area contributed by atoms with Crippen LogP contribution in [0.25, 0.3) is 5.65 Å². The van der Waals surface area contributed by atoms with Crippen molar-refractivity contribution in [2.75, 3.05) is 12.0 Å². The van der Waals surface area contributed by atoms with Crippen LogP contribution in [0, 0.1) is 5.92 Å². The third-order valence-electron chi connectivity index (χ3n) is 4.63. The highest BCUT2D eigenvalue weighted by molar-refractivity contribution is 7.98. The molecule has 2 aromatic heterocycles. The normalized spacial score (nSPS) is 12.4. The van der Waals surface area contributed by atoms with E-state index in [-0.39, 0.29) is 11.9 Å². The summed E-state index contributed by atoms with van der Waals surface area (Å²) >= 11 is 1.76. The van der Waals surface area contributed by atoms with Gasteiger partial charge in [0.25, 0.3) is 0 Å². The number of nitrogens with one attached hydrogen (secondary N) is 1. The number of thioether (sulfide) groups is 1. The average molecular weight is 397 g/mol. The monoisotopic (exact) mass is 396 g/mol. The number of benzene rings is 1. The standard InChI is InChI=1S/C22H28N4OS/c1-16(2)14-17-7-9-18(10-8-17)15-21(27)23-19(11-13-28-3)22-25-24-20-6-4-5-12-26(20)22/h4-10,12,16,19H,11,13-15H2,1-3H3,(H,23,27). The van der Waals surface area contributed by atoms with Gasteiger partial charge in [0.15, 0.2) is 11.5 Å². The molecule has 1 atom stereocenters. The Morgan fingerprint density at radius 3 is 2.57 bits per heavy atom. The summed E-state index contributed by atoms with van der Waals surface area (Å²) in [6.07, 6.45) is 6.25. The van der Waals surface area contributed by atoms with Crippen molar-refractivity contribution < 1.29 is 4.79 Å². The van der Waals surface area contributed by atoms with Crippen LogP contribution in [0.2, 0.25) is 0 Å². The van der Waals surface area contributed by atoms with Crippen molar-refractivity contribution in [3.63, 3.8) is 0 Å². The van der Waals surface area contributed by atoms with E-state index in [9.17, 15) is 4.79 Å². The van der Waals surface area contributed by atoms with E-state index in [1.807, 2.05) is 28.8 Å². The summed E-state index contributed by atoms with van der Waals surface area (Å²) in [6.45, 7) is 4.43. The first-order valence-corrected chi connectivity index (χ1v) is 11.1. The van der Waals surface area contributed by atoms with Gasteiger partial charge < -0.3 is 5.32 Å². The van der Waals surface area contributed by atoms with Crippen LogP contribution in [0.4, 0.5) is 0 Å². The van der Waals surface area contributed by atoms with Crippen molar-refractivity contribution >= 4 is 23.3 Å². The molecule has 0 bridgehead atoms. The zero-order chi connectivity index (χ0) is 19.9. The first-order chi connectivity index (χ1) is 13.6. The number of carbonyl (C=O) groups excluding carboxylic acids is 1. The Bertz CT molecular complexity index is 904. The van der Waals surface area contributed by atoms with E-state index in [4.69, 9.17) is 0 Å². The third-order valence-corrected chi connectivity index (χ3v) is 5.27. The van der Waals surface area contributed by atoms with Crippen molar-refractivity contribution in [2.45, 2.75) is 39.2 Å². The number of nitrogens with zero attached hydrogens (tertiary/aromatic N) is 3. The second kappa shape index (κ2) is 9.73. The fourth-order valence-corrected chi connectivity index (χ4v) is 3.77. The Labute approximate surface area is 170 Å². The highest BCUT2D eigenvalue weighted by atomic mass is 32.2. The predicted molar refractivity (Wildman–Crippen MR) is 116 cm³/mol. The number of aromatic nitrogens is 3. The second-order valence-electron chi connectivity index (χ2n) is 7.48. The van der Waals surface area contributed by atoms with Gasteiger partial charge in [0.05, 0.1) is 12.5 Å². The van der Waals surface area contributed by atoms with Gasteiger partial charge in [-0.25, -0.2) is 0 Å². The van der Waals surface area contributed by atoms with E-state index in [2.05, 4.69) is 59.9 Å². The molecule has 0 spiro atoms. The van der Waals surface area contributed by atoms with Gasteiger partial charge in [-0.1, -0.05) is 44.2 Å². The highest BCUT2D eigenvalue weighted by Crippen LogP contribution is 2.19. The Morgan fingerprint density at radius 2 is 1.86 bits per heavy atom. The van der Waals surface area contributed by atoms with Crippen LogP contribution in [0.3, 0.4) is 0 Å². The van der Waals surface area contributed by atoms with Crippen LogP contribution < -0.4 is 5.32 Å².